The first kappa shape index (κ1) is 13.7. The Morgan fingerprint density at radius 1 is 1.32 bits per heavy atom. The van der Waals surface area contributed by atoms with Crippen LogP contribution < -0.4 is 4.90 Å². The van der Waals surface area contributed by atoms with Gasteiger partial charge in [-0.15, -0.1) is 0 Å². The molecule has 0 amide bonds. The van der Waals surface area contributed by atoms with E-state index in [1.54, 1.807) is 0 Å². The van der Waals surface area contributed by atoms with E-state index in [-0.39, 0.29) is 0 Å². The molecule has 0 bridgehead atoms. The Bertz CT molecular complexity index is 557. The summed E-state index contributed by atoms with van der Waals surface area (Å²) < 4.78 is 0.824. The van der Waals surface area contributed by atoms with Crippen molar-refractivity contribution in [2.75, 3.05) is 18.5 Å². The summed E-state index contributed by atoms with van der Waals surface area (Å²) in [5.74, 6) is 0. The van der Waals surface area contributed by atoms with Crippen molar-refractivity contribution >= 4 is 27.9 Å². The van der Waals surface area contributed by atoms with E-state index < -0.39 is 0 Å². The van der Waals surface area contributed by atoms with Gasteiger partial charge in [-0.3, -0.25) is 9.78 Å². The molecule has 2 rings (SSSR count). The number of pyridine rings is 1. The molecule has 0 fully saturated rings. The second-order valence-corrected chi connectivity index (χ2v) is 5.17. The molecule has 1 heterocycles. The van der Waals surface area contributed by atoms with E-state index in [1.165, 1.54) is 0 Å². The van der Waals surface area contributed by atoms with E-state index in [1.807, 2.05) is 49.6 Å². The van der Waals surface area contributed by atoms with Crippen LogP contribution in [0.1, 0.15) is 16.1 Å². The summed E-state index contributed by atoms with van der Waals surface area (Å²) in [5, 5.41) is 0. The fourth-order valence-electron chi connectivity index (χ4n) is 1.81. The monoisotopic (exact) mass is 318 g/mol. The summed E-state index contributed by atoms with van der Waals surface area (Å²) >= 11 is 3.40. The maximum absolute atomic E-state index is 10.8. The second-order valence-electron chi connectivity index (χ2n) is 4.32. The van der Waals surface area contributed by atoms with Gasteiger partial charge >= 0.3 is 0 Å². The number of aromatic nitrogens is 1. The average Bonchev–Trinajstić information content (AvgIpc) is 2.45. The SMILES string of the molecule is CN(CCc1ccccn1)c1ccc(C=O)c(Br)c1. The van der Waals surface area contributed by atoms with E-state index in [2.05, 4.69) is 25.8 Å². The standard InChI is InChI=1S/C15H15BrN2O/c1-18(9-7-13-4-2-3-8-17-13)14-6-5-12(11-19)15(16)10-14/h2-6,8,10-11H,7,9H2,1H3. The quantitative estimate of drug-likeness (QED) is 0.793. The summed E-state index contributed by atoms with van der Waals surface area (Å²) in [6, 6.07) is 11.7. The van der Waals surface area contributed by atoms with Crippen LogP contribution in [0, 0.1) is 0 Å². The van der Waals surface area contributed by atoms with Crippen LogP contribution >= 0.6 is 15.9 Å². The zero-order valence-electron chi connectivity index (χ0n) is 10.7. The smallest absolute Gasteiger partial charge is 0.151 e. The molecule has 0 saturated heterocycles. The highest BCUT2D eigenvalue weighted by Gasteiger charge is 2.05. The van der Waals surface area contributed by atoms with Gasteiger partial charge in [-0.1, -0.05) is 6.07 Å². The van der Waals surface area contributed by atoms with Gasteiger partial charge < -0.3 is 4.90 Å². The average molecular weight is 319 g/mol. The molecule has 4 heteroatoms. The van der Waals surface area contributed by atoms with Crippen LogP contribution in [0.4, 0.5) is 5.69 Å². The lowest BCUT2D eigenvalue weighted by molar-refractivity contribution is 0.112. The van der Waals surface area contributed by atoms with Crippen LogP contribution in [0.15, 0.2) is 47.1 Å². The Hall–Kier alpha value is -1.68. The van der Waals surface area contributed by atoms with Gasteiger partial charge in [0.25, 0.3) is 0 Å². The highest BCUT2D eigenvalue weighted by molar-refractivity contribution is 9.10. The Morgan fingerprint density at radius 3 is 2.79 bits per heavy atom. The van der Waals surface area contributed by atoms with Crippen molar-refractivity contribution in [3.63, 3.8) is 0 Å². The molecule has 0 radical (unpaired) electrons. The van der Waals surface area contributed by atoms with Gasteiger partial charge in [0.05, 0.1) is 0 Å². The van der Waals surface area contributed by atoms with E-state index in [0.717, 1.165) is 35.1 Å². The third-order valence-corrected chi connectivity index (χ3v) is 3.67. The first-order valence-corrected chi connectivity index (χ1v) is 6.86. The van der Waals surface area contributed by atoms with Gasteiger partial charge in [-0.2, -0.15) is 0 Å². The molecule has 0 aliphatic heterocycles. The van der Waals surface area contributed by atoms with Gasteiger partial charge in [0.1, 0.15) is 0 Å². The van der Waals surface area contributed by atoms with Crippen molar-refractivity contribution in [2.45, 2.75) is 6.42 Å². The highest BCUT2D eigenvalue weighted by atomic mass is 79.9. The number of anilines is 1. The number of aldehydes is 1. The van der Waals surface area contributed by atoms with E-state index in [9.17, 15) is 4.79 Å². The summed E-state index contributed by atoms with van der Waals surface area (Å²) in [7, 11) is 2.03. The van der Waals surface area contributed by atoms with Crippen molar-refractivity contribution < 1.29 is 4.79 Å². The fraction of sp³-hybridized carbons (Fsp3) is 0.200. The van der Waals surface area contributed by atoms with Crippen LogP contribution in [-0.2, 0) is 6.42 Å². The first-order chi connectivity index (χ1) is 9.20. The molecular weight excluding hydrogens is 304 g/mol. The minimum absolute atomic E-state index is 0.668. The van der Waals surface area contributed by atoms with Crippen molar-refractivity contribution in [1.82, 2.24) is 4.98 Å². The molecule has 19 heavy (non-hydrogen) atoms. The molecule has 3 nitrogen and oxygen atoms in total. The van der Waals surface area contributed by atoms with Gasteiger partial charge in [0, 0.05) is 47.6 Å². The fourth-order valence-corrected chi connectivity index (χ4v) is 2.27. The molecule has 0 atom stereocenters. The summed E-state index contributed by atoms with van der Waals surface area (Å²) in [4.78, 5) is 17.2. The third-order valence-electron chi connectivity index (χ3n) is 2.98. The highest BCUT2D eigenvalue weighted by Crippen LogP contribution is 2.22. The Balaban J connectivity index is 2.02. The number of likely N-dealkylation sites (N-methyl/N-ethyl adjacent to an activating group) is 1. The van der Waals surface area contributed by atoms with E-state index in [4.69, 9.17) is 0 Å². The largest absolute Gasteiger partial charge is 0.374 e. The van der Waals surface area contributed by atoms with E-state index >= 15 is 0 Å². The van der Waals surface area contributed by atoms with E-state index in [0.29, 0.717) is 5.56 Å². The zero-order valence-corrected chi connectivity index (χ0v) is 12.3. The van der Waals surface area contributed by atoms with Gasteiger partial charge in [-0.05, 0) is 46.3 Å². The van der Waals surface area contributed by atoms with Crippen LogP contribution in [0.25, 0.3) is 0 Å². The molecule has 0 N–H and O–H groups in total. The molecule has 0 spiro atoms. The number of carbonyl (C=O) groups excluding carboxylic acids is 1. The predicted molar refractivity (Wildman–Crippen MR) is 80.7 cm³/mol. The first-order valence-electron chi connectivity index (χ1n) is 6.06. The Labute approximate surface area is 121 Å². The Kier molecular flexibility index (Phi) is 4.68. The minimum atomic E-state index is 0.668. The van der Waals surface area contributed by atoms with Crippen LogP contribution in [0.3, 0.4) is 0 Å². The maximum Gasteiger partial charge on any atom is 0.151 e. The molecule has 0 aliphatic carbocycles. The summed E-state index contributed by atoms with van der Waals surface area (Å²) in [5.41, 5.74) is 2.83. The maximum atomic E-state index is 10.8. The van der Waals surface area contributed by atoms with Crippen LogP contribution in [0.5, 0.6) is 0 Å². The third kappa shape index (κ3) is 3.64. The topological polar surface area (TPSA) is 33.2 Å². The molecule has 0 saturated carbocycles. The number of benzene rings is 1. The molecule has 98 valence electrons. The number of rotatable bonds is 5. The minimum Gasteiger partial charge on any atom is -0.374 e. The van der Waals surface area contributed by atoms with Crippen LogP contribution in [0.2, 0.25) is 0 Å². The molecule has 1 aromatic heterocycles. The molecule has 0 aliphatic rings. The lowest BCUT2D eigenvalue weighted by Crippen LogP contribution is -2.20. The van der Waals surface area contributed by atoms with Crippen molar-refractivity contribution in [3.8, 4) is 0 Å². The van der Waals surface area contributed by atoms with Gasteiger partial charge in [0.15, 0.2) is 6.29 Å². The van der Waals surface area contributed by atoms with Crippen molar-refractivity contribution in [1.29, 1.82) is 0 Å². The number of hydrogen-bond acceptors (Lipinski definition) is 3. The zero-order chi connectivity index (χ0) is 13.7. The van der Waals surface area contributed by atoms with Crippen molar-refractivity contribution in [3.05, 3.63) is 58.3 Å². The molecular formula is C15H15BrN2O. The van der Waals surface area contributed by atoms with Crippen molar-refractivity contribution in [2.24, 2.45) is 0 Å². The van der Waals surface area contributed by atoms with Gasteiger partial charge in [0.2, 0.25) is 0 Å². The lowest BCUT2D eigenvalue weighted by Gasteiger charge is -2.19. The number of nitrogens with zero attached hydrogens (tertiary/aromatic N) is 2. The number of hydrogen-bond donors (Lipinski definition) is 0. The summed E-state index contributed by atoms with van der Waals surface area (Å²) in [6.07, 6.45) is 3.55. The number of halogens is 1. The summed E-state index contributed by atoms with van der Waals surface area (Å²) in [6.45, 7) is 0.879. The molecule has 1 aromatic carbocycles. The molecule has 0 unspecified atom stereocenters. The predicted octanol–water partition coefficient (Wildman–Crippen LogP) is 3.34. The second kappa shape index (κ2) is 6.48. The van der Waals surface area contributed by atoms with Crippen LogP contribution in [-0.4, -0.2) is 24.9 Å². The lowest BCUT2D eigenvalue weighted by atomic mass is 10.2. The Morgan fingerprint density at radius 2 is 2.16 bits per heavy atom. The normalized spacial score (nSPS) is 10.2. The number of carbonyl (C=O) groups is 1. The van der Waals surface area contributed by atoms with Gasteiger partial charge in [-0.25, -0.2) is 0 Å². The molecule has 2 aromatic rings.